The monoisotopic (exact) mass is 331 g/mol. The third kappa shape index (κ3) is 3.56. The lowest BCUT2D eigenvalue weighted by atomic mass is 10.0. The van der Waals surface area contributed by atoms with Crippen molar-refractivity contribution in [1.82, 2.24) is 0 Å². The first-order valence-corrected chi connectivity index (χ1v) is 8.47. The maximum atomic E-state index is 12.6. The normalized spacial score (nSPS) is 13.5. The molecule has 2 aromatic rings. The van der Waals surface area contributed by atoms with Crippen molar-refractivity contribution in [2.24, 2.45) is 0 Å². The van der Waals surface area contributed by atoms with Crippen molar-refractivity contribution in [1.29, 1.82) is 5.26 Å². The molecule has 3 rings (SSSR count). The van der Waals surface area contributed by atoms with Crippen LogP contribution in [0.5, 0.6) is 0 Å². The van der Waals surface area contributed by atoms with Crippen molar-refractivity contribution in [3.8, 4) is 6.07 Å². The molecule has 0 unspecified atom stereocenters. The SMILES string of the molecule is CC(C)c1ccccc1NC(=O)/C(C#N)=C\N1CCc2ccccc21. The van der Waals surface area contributed by atoms with Gasteiger partial charge in [0, 0.05) is 24.1 Å². The zero-order valence-electron chi connectivity index (χ0n) is 14.5. The predicted molar refractivity (Wildman–Crippen MR) is 100 cm³/mol. The number of para-hydroxylation sites is 2. The minimum atomic E-state index is -0.375. The van der Waals surface area contributed by atoms with E-state index >= 15 is 0 Å². The molecule has 0 saturated heterocycles. The van der Waals surface area contributed by atoms with Gasteiger partial charge in [0.1, 0.15) is 11.6 Å². The van der Waals surface area contributed by atoms with Crippen LogP contribution in [0.4, 0.5) is 11.4 Å². The lowest BCUT2D eigenvalue weighted by molar-refractivity contribution is -0.112. The van der Waals surface area contributed by atoms with Gasteiger partial charge in [-0.25, -0.2) is 0 Å². The summed E-state index contributed by atoms with van der Waals surface area (Å²) in [5, 5.41) is 12.3. The van der Waals surface area contributed by atoms with Crippen molar-refractivity contribution in [3.63, 3.8) is 0 Å². The molecular weight excluding hydrogens is 310 g/mol. The number of amides is 1. The van der Waals surface area contributed by atoms with Crippen molar-refractivity contribution in [2.75, 3.05) is 16.8 Å². The highest BCUT2D eigenvalue weighted by Gasteiger charge is 2.20. The maximum absolute atomic E-state index is 12.6. The number of hydrogen-bond acceptors (Lipinski definition) is 3. The van der Waals surface area contributed by atoms with Crippen molar-refractivity contribution in [2.45, 2.75) is 26.2 Å². The standard InChI is InChI=1S/C21H21N3O/c1-15(2)18-8-4-5-9-19(18)23-21(25)17(13-22)14-24-12-11-16-7-3-6-10-20(16)24/h3-10,14-15H,11-12H2,1-2H3,(H,23,25)/b17-14-. The molecule has 0 spiro atoms. The van der Waals surface area contributed by atoms with Gasteiger partial charge in [0.05, 0.1) is 0 Å². The smallest absolute Gasteiger partial charge is 0.267 e. The molecule has 2 aromatic carbocycles. The summed E-state index contributed by atoms with van der Waals surface area (Å²) in [7, 11) is 0. The fraction of sp³-hybridized carbons (Fsp3) is 0.238. The van der Waals surface area contributed by atoms with Gasteiger partial charge in [-0.2, -0.15) is 5.26 Å². The van der Waals surface area contributed by atoms with E-state index in [1.165, 1.54) is 5.56 Å². The van der Waals surface area contributed by atoms with Gasteiger partial charge >= 0.3 is 0 Å². The summed E-state index contributed by atoms with van der Waals surface area (Å²) in [6, 6.07) is 17.8. The van der Waals surface area contributed by atoms with Crippen LogP contribution in [-0.2, 0) is 11.2 Å². The summed E-state index contributed by atoms with van der Waals surface area (Å²) in [6.45, 7) is 4.93. The van der Waals surface area contributed by atoms with Gasteiger partial charge < -0.3 is 10.2 Å². The van der Waals surface area contributed by atoms with Crippen LogP contribution in [0.15, 0.2) is 60.3 Å². The third-order valence-corrected chi connectivity index (χ3v) is 4.40. The van der Waals surface area contributed by atoms with E-state index in [2.05, 4.69) is 25.2 Å². The number of hydrogen-bond donors (Lipinski definition) is 1. The fourth-order valence-corrected chi connectivity index (χ4v) is 3.10. The molecule has 126 valence electrons. The first kappa shape index (κ1) is 16.8. The zero-order valence-corrected chi connectivity index (χ0v) is 14.5. The molecule has 4 heteroatoms. The van der Waals surface area contributed by atoms with E-state index < -0.39 is 0 Å². The van der Waals surface area contributed by atoms with Crippen LogP contribution >= 0.6 is 0 Å². The largest absolute Gasteiger partial charge is 0.346 e. The van der Waals surface area contributed by atoms with E-state index in [1.807, 2.05) is 53.4 Å². The quantitative estimate of drug-likeness (QED) is 0.674. The number of carbonyl (C=O) groups excluding carboxylic acids is 1. The Balaban J connectivity index is 1.83. The van der Waals surface area contributed by atoms with Gasteiger partial charge in [-0.1, -0.05) is 50.2 Å². The summed E-state index contributed by atoms with van der Waals surface area (Å²) >= 11 is 0. The average Bonchev–Trinajstić information content (AvgIpc) is 3.03. The zero-order chi connectivity index (χ0) is 17.8. The van der Waals surface area contributed by atoms with Crippen molar-refractivity contribution >= 4 is 17.3 Å². The number of benzene rings is 2. The molecule has 1 aliphatic rings. The van der Waals surface area contributed by atoms with Crippen LogP contribution < -0.4 is 10.2 Å². The molecule has 0 radical (unpaired) electrons. The molecule has 4 nitrogen and oxygen atoms in total. The van der Waals surface area contributed by atoms with E-state index in [9.17, 15) is 10.1 Å². The highest BCUT2D eigenvalue weighted by molar-refractivity contribution is 6.07. The second-order valence-electron chi connectivity index (χ2n) is 6.42. The van der Waals surface area contributed by atoms with Crippen LogP contribution in [0.25, 0.3) is 0 Å². The number of fused-ring (bicyclic) bond motifs is 1. The van der Waals surface area contributed by atoms with Crippen molar-refractivity contribution in [3.05, 3.63) is 71.4 Å². The van der Waals surface area contributed by atoms with Gasteiger partial charge in [0.15, 0.2) is 0 Å². The van der Waals surface area contributed by atoms with Gasteiger partial charge in [-0.05, 0) is 35.6 Å². The van der Waals surface area contributed by atoms with Crippen LogP contribution in [0.2, 0.25) is 0 Å². The number of nitrogens with one attached hydrogen (secondary N) is 1. The Hall–Kier alpha value is -3.06. The van der Waals surface area contributed by atoms with E-state index in [0.717, 1.165) is 29.9 Å². The molecule has 0 fully saturated rings. The molecule has 1 amide bonds. The maximum Gasteiger partial charge on any atom is 0.267 e. The molecule has 0 bridgehead atoms. The summed E-state index contributed by atoms with van der Waals surface area (Å²) in [5.74, 6) is -0.0866. The van der Waals surface area contributed by atoms with E-state index in [-0.39, 0.29) is 17.4 Å². The summed E-state index contributed by atoms with van der Waals surface area (Å²) in [5.41, 5.74) is 4.22. The molecule has 1 aliphatic heterocycles. The third-order valence-electron chi connectivity index (χ3n) is 4.40. The van der Waals surface area contributed by atoms with Crippen molar-refractivity contribution < 1.29 is 4.79 Å². The molecule has 0 atom stereocenters. The van der Waals surface area contributed by atoms with Gasteiger partial charge in [-0.3, -0.25) is 4.79 Å². The lowest BCUT2D eigenvalue weighted by Gasteiger charge is -2.16. The van der Waals surface area contributed by atoms with E-state index in [0.29, 0.717) is 0 Å². The molecule has 0 aliphatic carbocycles. The fourth-order valence-electron chi connectivity index (χ4n) is 3.10. The molecular formula is C21H21N3O. The summed E-state index contributed by atoms with van der Waals surface area (Å²) in [6.07, 6.45) is 2.57. The first-order valence-electron chi connectivity index (χ1n) is 8.47. The second kappa shape index (κ2) is 7.23. The highest BCUT2D eigenvalue weighted by atomic mass is 16.1. The van der Waals surface area contributed by atoms with E-state index in [1.54, 1.807) is 6.20 Å². The van der Waals surface area contributed by atoms with Crippen LogP contribution in [-0.4, -0.2) is 12.5 Å². The number of nitrogens with zero attached hydrogens (tertiary/aromatic N) is 2. The number of nitriles is 1. The Morgan fingerprint density at radius 1 is 1.20 bits per heavy atom. The Kier molecular flexibility index (Phi) is 4.85. The number of anilines is 2. The minimum absolute atomic E-state index is 0.107. The van der Waals surface area contributed by atoms with Gasteiger partial charge in [-0.15, -0.1) is 0 Å². The summed E-state index contributed by atoms with van der Waals surface area (Å²) < 4.78 is 0. The predicted octanol–water partition coefficient (Wildman–Crippen LogP) is 4.22. The first-order chi connectivity index (χ1) is 12.1. The van der Waals surface area contributed by atoms with Gasteiger partial charge in [0.25, 0.3) is 5.91 Å². The van der Waals surface area contributed by atoms with Gasteiger partial charge in [0.2, 0.25) is 0 Å². The Morgan fingerprint density at radius 3 is 2.68 bits per heavy atom. The number of rotatable bonds is 4. The molecule has 25 heavy (non-hydrogen) atoms. The Bertz CT molecular complexity index is 861. The number of carbonyl (C=O) groups is 1. The molecule has 1 heterocycles. The Labute approximate surface area is 148 Å². The van der Waals surface area contributed by atoms with E-state index in [4.69, 9.17) is 0 Å². The average molecular weight is 331 g/mol. The van der Waals surface area contributed by atoms with Crippen LogP contribution in [0, 0.1) is 11.3 Å². The summed E-state index contributed by atoms with van der Waals surface area (Å²) in [4.78, 5) is 14.6. The highest BCUT2D eigenvalue weighted by Crippen LogP contribution is 2.28. The topological polar surface area (TPSA) is 56.1 Å². The van der Waals surface area contributed by atoms with Crippen LogP contribution in [0.1, 0.15) is 30.9 Å². The molecule has 1 N–H and O–H groups in total. The second-order valence-corrected chi connectivity index (χ2v) is 6.42. The lowest BCUT2D eigenvalue weighted by Crippen LogP contribution is -2.20. The minimum Gasteiger partial charge on any atom is -0.346 e. The molecule has 0 aromatic heterocycles. The van der Waals surface area contributed by atoms with Crippen LogP contribution in [0.3, 0.4) is 0 Å². The molecule has 0 saturated carbocycles. The Morgan fingerprint density at radius 2 is 1.92 bits per heavy atom.